The lowest BCUT2D eigenvalue weighted by Crippen LogP contribution is -2.30. The summed E-state index contributed by atoms with van der Waals surface area (Å²) in [4.78, 5) is 12.0. The minimum absolute atomic E-state index is 0.00130. The van der Waals surface area contributed by atoms with E-state index in [-0.39, 0.29) is 11.2 Å². The van der Waals surface area contributed by atoms with Gasteiger partial charge in [0, 0.05) is 17.4 Å². The lowest BCUT2D eigenvalue weighted by molar-refractivity contribution is -0.115. The first-order valence-electron chi connectivity index (χ1n) is 7.98. The van der Waals surface area contributed by atoms with E-state index in [1.807, 2.05) is 12.1 Å². The maximum atomic E-state index is 12.0. The fraction of sp³-hybridized carbons (Fsp3) is 0.500. The number of hydrogen-bond donors (Lipinski definition) is 1. The summed E-state index contributed by atoms with van der Waals surface area (Å²) in [6.07, 6.45) is 6.36. The highest BCUT2D eigenvalue weighted by Crippen LogP contribution is 2.64. The Kier molecular flexibility index (Phi) is 4.37. The van der Waals surface area contributed by atoms with Crippen molar-refractivity contribution in [1.82, 2.24) is 0 Å². The summed E-state index contributed by atoms with van der Waals surface area (Å²) in [7, 11) is 0. The van der Waals surface area contributed by atoms with Crippen LogP contribution in [0.1, 0.15) is 56.1 Å². The molecule has 0 saturated carbocycles. The molecule has 4 heteroatoms. The molecule has 2 aliphatic rings. The van der Waals surface area contributed by atoms with E-state index >= 15 is 0 Å². The van der Waals surface area contributed by atoms with Crippen molar-refractivity contribution in [3.8, 4) is 0 Å². The van der Waals surface area contributed by atoms with Crippen LogP contribution in [0.25, 0.3) is 5.57 Å². The van der Waals surface area contributed by atoms with E-state index in [4.69, 9.17) is 28.9 Å². The van der Waals surface area contributed by atoms with Crippen LogP contribution in [-0.2, 0) is 4.79 Å². The standard InChI is InChI=1S/C18H21Cl2NO/c1-2-7-18-8-5-11(22)10-14(18)16-12(13(18)6-9-21)3-4-15(19)17(16)20/h3-4,10,13H,2,5-9,21H2,1H3. The summed E-state index contributed by atoms with van der Waals surface area (Å²) < 4.78 is 0. The minimum Gasteiger partial charge on any atom is -0.330 e. The minimum atomic E-state index is -0.00130. The predicted molar refractivity (Wildman–Crippen MR) is 92.4 cm³/mol. The fourth-order valence-corrected chi connectivity index (χ4v) is 4.88. The van der Waals surface area contributed by atoms with Gasteiger partial charge >= 0.3 is 0 Å². The van der Waals surface area contributed by atoms with Crippen LogP contribution >= 0.6 is 23.2 Å². The molecule has 2 atom stereocenters. The van der Waals surface area contributed by atoms with Crippen LogP contribution in [0.15, 0.2) is 18.2 Å². The molecule has 2 nitrogen and oxygen atoms in total. The normalized spacial score (nSPS) is 26.6. The maximum absolute atomic E-state index is 12.0. The van der Waals surface area contributed by atoms with E-state index in [1.54, 1.807) is 0 Å². The molecule has 0 radical (unpaired) electrons. The zero-order valence-electron chi connectivity index (χ0n) is 12.8. The van der Waals surface area contributed by atoms with Gasteiger partial charge in [0.1, 0.15) is 0 Å². The van der Waals surface area contributed by atoms with E-state index in [1.165, 1.54) is 5.56 Å². The molecule has 0 bridgehead atoms. The van der Waals surface area contributed by atoms with Crippen LogP contribution < -0.4 is 5.73 Å². The maximum Gasteiger partial charge on any atom is 0.156 e. The van der Waals surface area contributed by atoms with Crippen molar-refractivity contribution in [3.63, 3.8) is 0 Å². The SMILES string of the molecule is CCCC12CCC(=O)C=C1c1c(ccc(Cl)c1Cl)C2CCN. The number of hydrogen-bond acceptors (Lipinski definition) is 2. The Bertz CT molecular complexity index is 653. The summed E-state index contributed by atoms with van der Waals surface area (Å²) in [6, 6.07) is 3.94. The number of benzene rings is 1. The Hall–Kier alpha value is -0.830. The summed E-state index contributed by atoms with van der Waals surface area (Å²) in [5.41, 5.74) is 9.21. The van der Waals surface area contributed by atoms with E-state index < -0.39 is 0 Å². The van der Waals surface area contributed by atoms with E-state index in [0.29, 0.717) is 28.9 Å². The van der Waals surface area contributed by atoms with Gasteiger partial charge in [0.25, 0.3) is 0 Å². The molecule has 2 aliphatic carbocycles. The van der Waals surface area contributed by atoms with Crippen molar-refractivity contribution in [2.45, 2.75) is 44.9 Å². The number of carbonyl (C=O) groups is 1. The third kappa shape index (κ3) is 2.24. The molecule has 0 amide bonds. The van der Waals surface area contributed by atoms with Crippen molar-refractivity contribution in [1.29, 1.82) is 0 Å². The van der Waals surface area contributed by atoms with Crippen LogP contribution in [0.4, 0.5) is 0 Å². The molecule has 0 heterocycles. The third-order valence-electron chi connectivity index (χ3n) is 5.25. The second kappa shape index (κ2) is 5.99. The Labute approximate surface area is 141 Å². The zero-order chi connectivity index (χ0) is 15.9. The van der Waals surface area contributed by atoms with Crippen molar-refractivity contribution >= 4 is 34.6 Å². The van der Waals surface area contributed by atoms with Gasteiger partial charge in [-0.15, -0.1) is 0 Å². The topological polar surface area (TPSA) is 43.1 Å². The van der Waals surface area contributed by atoms with Gasteiger partial charge in [0.2, 0.25) is 0 Å². The van der Waals surface area contributed by atoms with Gasteiger partial charge in [-0.25, -0.2) is 0 Å². The molecule has 22 heavy (non-hydrogen) atoms. The Morgan fingerprint density at radius 3 is 2.82 bits per heavy atom. The van der Waals surface area contributed by atoms with E-state index in [0.717, 1.165) is 36.8 Å². The third-order valence-corrected chi connectivity index (χ3v) is 6.05. The van der Waals surface area contributed by atoms with Gasteiger partial charge in [-0.05, 0) is 55.0 Å². The van der Waals surface area contributed by atoms with Gasteiger partial charge < -0.3 is 5.73 Å². The summed E-state index contributed by atoms with van der Waals surface area (Å²) in [5.74, 6) is 0.527. The van der Waals surface area contributed by atoms with Crippen LogP contribution in [0.2, 0.25) is 10.0 Å². The Balaban J connectivity index is 2.27. The number of fused-ring (bicyclic) bond motifs is 3. The molecule has 3 rings (SSSR count). The Morgan fingerprint density at radius 2 is 2.14 bits per heavy atom. The molecular weight excluding hydrogens is 317 g/mol. The van der Waals surface area contributed by atoms with Crippen LogP contribution in [-0.4, -0.2) is 12.3 Å². The highest BCUT2D eigenvalue weighted by Gasteiger charge is 2.51. The lowest BCUT2D eigenvalue weighted by Gasteiger charge is -2.39. The van der Waals surface area contributed by atoms with E-state index in [2.05, 4.69) is 13.0 Å². The fourth-order valence-electron chi connectivity index (χ4n) is 4.45. The quantitative estimate of drug-likeness (QED) is 0.842. The predicted octanol–water partition coefficient (Wildman–Crippen LogP) is 4.97. The van der Waals surface area contributed by atoms with Crippen molar-refractivity contribution in [2.75, 3.05) is 6.54 Å². The summed E-state index contributed by atoms with van der Waals surface area (Å²) in [5, 5.41) is 1.14. The number of ketones is 1. The zero-order valence-corrected chi connectivity index (χ0v) is 14.3. The monoisotopic (exact) mass is 337 g/mol. The molecule has 0 spiro atoms. The molecule has 0 saturated heterocycles. The molecule has 1 aromatic carbocycles. The van der Waals surface area contributed by atoms with Crippen LogP contribution in [0, 0.1) is 5.41 Å². The molecule has 1 aromatic rings. The molecule has 2 unspecified atom stereocenters. The largest absolute Gasteiger partial charge is 0.330 e. The number of carbonyl (C=O) groups excluding carboxylic acids is 1. The molecule has 118 valence electrons. The average molecular weight is 338 g/mol. The van der Waals surface area contributed by atoms with Crippen LogP contribution in [0.3, 0.4) is 0 Å². The lowest BCUT2D eigenvalue weighted by atomic mass is 9.64. The summed E-state index contributed by atoms with van der Waals surface area (Å²) >= 11 is 12.8. The van der Waals surface area contributed by atoms with Crippen molar-refractivity contribution in [3.05, 3.63) is 39.4 Å². The molecule has 0 fully saturated rings. The molecule has 0 aliphatic heterocycles. The number of halogens is 2. The number of rotatable bonds is 4. The van der Waals surface area contributed by atoms with Crippen molar-refractivity contribution in [2.24, 2.45) is 11.1 Å². The Morgan fingerprint density at radius 1 is 1.36 bits per heavy atom. The van der Waals surface area contributed by atoms with Gasteiger partial charge in [0.15, 0.2) is 5.78 Å². The second-order valence-corrected chi connectivity index (χ2v) is 7.17. The van der Waals surface area contributed by atoms with E-state index in [9.17, 15) is 4.79 Å². The molecule has 0 aromatic heterocycles. The number of allylic oxidation sites excluding steroid dienone is 2. The number of nitrogens with two attached hydrogens (primary N) is 1. The van der Waals surface area contributed by atoms with Crippen molar-refractivity contribution < 1.29 is 4.79 Å². The summed E-state index contributed by atoms with van der Waals surface area (Å²) in [6.45, 7) is 2.83. The highest BCUT2D eigenvalue weighted by atomic mass is 35.5. The first-order valence-corrected chi connectivity index (χ1v) is 8.74. The van der Waals surface area contributed by atoms with Crippen LogP contribution in [0.5, 0.6) is 0 Å². The average Bonchev–Trinajstić information content (AvgIpc) is 2.75. The van der Waals surface area contributed by atoms with Gasteiger partial charge in [-0.1, -0.05) is 42.6 Å². The van der Waals surface area contributed by atoms with Gasteiger partial charge in [0.05, 0.1) is 10.0 Å². The molecule has 2 N–H and O–H groups in total. The smallest absolute Gasteiger partial charge is 0.156 e. The highest BCUT2D eigenvalue weighted by molar-refractivity contribution is 6.43. The first-order chi connectivity index (χ1) is 10.5. The second-order valence-electron chi connectivity index (χ2n) is 6.39. The van der Waals surface area contributed by atoms with Gasteiger partial charge in [-0.2, -0.15) is 0 Å². The first kappa shape index (κ1) is 16.0. The van der Waals surface area contributed by atoms with Gasteiger partial charge in [-0.3, -0.25) is 4.79 Å². The molecular formula is C18H21Cl2NO.